The van der Waals surface area contributed by atoms with Gasteiger partial charge in [0.15, 0.2) is 0 Å². The summed E-state index contributed by atoms with van der Waals surface area (Å²) in [6, 6.07) is 7.95. The minimum absolute atomic E-state index is 0.0412. The van der Waals surface area contributed by atoms with E-state index in [0.29, 0.717) is 13.2 Å². The summed E-state index contributed by atoms with van der Waals surface area (Å²) in [5, 5.41) is 10.2. The predicted octanol–water partition coefficient (Wildman–Crippen LogP) is 0.827. The van der Waals surface area contributed by atoms with Crippen LogP contribution in [0.5, 0.6) is 0 Å². The van der Waals surface area contributed by atoms with E-state index in [1.165, 1.54) is 0 Å². The summed E-state index contributed by atoms with van der Waals surface area (Å²) < 4.78 is 5.46. The average molecular weight is 245 g/mol. The van der Waals surface area contributed by atoms with Gasteiger partial charge in [0, 0.05) is 18.5 Å². The van der Waals surface area contributed by atoms with E-state index in [1.54, 1.807) is 6.33 Å². The van der Waals surface area contributed by atoms with Gasteiger partial charge in [-0.2, -0.15) is 0 Å². The van der Waals surface area contributed by atoms with Crippen LogP contribution < -0.4 is 4.90 Å². The van der Waals surface area contributed by atoms with Gasteiger partial charge < -0.3 is 14.7 Å². The molecule has 0 spiro atoms. The lowest BCUT2D eigenvalue weighted by molar-refractivity contribution is 0.00343. The fraction of sp³-hybridized carbons (Fsp3) is 0.385. The lowest BCUT2D eigenvalue weighted by Crippen LogP contribution is -2.44. The molecule has 5 heteroatoms. The number of hydrogen-bond donors (Lipinski definition) is 1. The molecule has 1 atom stereocenters. The number of para-hydroxylation sites is 1. The Labute approximate surface area is 105 Å². The van der Waals surface area contributed by atoms with Gasteiger partial charge >= 0.3 is 0 Å². The van der Waals surface area contributed by atoms with Crippen molar-refractivity contribution in [1.82, 2.24) is 9.97 Å². The van der Waals surface area contributed by atoms with Crippen molar-refractivity contribution in [2.45, 2.75) is 6.10 Å². The number of benzene rings is 1. The van der Waals surface area contributed by atoms with Gasteiger partial charge in [-0.1, -0.05) is 12.1 Å². The van der Waals surface area contributed by atoms with Crippen LogP contribution in [0.1, 0.15) is 0 Å². The molecule has 0 radical (unpaired) electrons. The zero-order valence-corrected chi connectivity index (χ0v) is 9.99. The maximum atomic E-state index is 9.18. The first kappa shape index (κ1) is 11.4. The molecule has 1 aromatic heterocycles. The molecule has 0 saturated carbocycles. The molecular weight excluding hydrogens is 230 g/mol. The second kappa shape index (κ2) is 4.88. The third-order valence-electron chi connectivity index (χ3n) is 3.16. The Morgan fingerprint density at radius 3 is 3.11 bits per heavy atom. The Kier molecular flexibility index (Phi) is 3.08. The van der Waals surface area contributed by atoms with Crippen LogP contribution >= 0.6 is 0 Å². The van der Waals surface area contributed by atoms with Crippen molar-refractivity contribution in [2.24, 2.45) is 0 Å². The zero-order chi connectivity index (χ0) is 12.4. The Hall–Kier alpha value is -1.72. The van der Waals surface area contributed by atoms with Crippen molar-refractivity contribution in [3.8, 4) is 0 Å². The number of ether oxygens (including phenoxy) is 1. The van der Waals surface area contributed by atoms with E-state index in [0.717, 1.165) is 23.3 Å². The normalized spacial score (nSPS) is 20.3. The van der Waals surface area contributed by atoms with Gasteiger partial charge in [0.2, 0.25) is 0 Å². The molecule has 1 N–H and O–H groups in total. The highest BCUT2D eigenvalue weighted by molar-refractivity contribution is 5.89. The van der Waals surface area contributed by atoms with E-state index in [1.807, 2.05) is 24.3 Å². The average Bonchev–Trinajstić information content (AvgIpc) is 2.47. The van der Waals surface area contributed by atoms with Crippen molar-refractivity contribution in [1.29, 1.82) is 0 Å². The first-order valence-corrected chi connectivity index (χ1v) is 6.05. The third-order valence-corrected chi connectivity index (χ3v) is 3.16. The summed E-state index contributed by atoms with van der Waals surface area (Å²) in [7, 11) is 0. The van der Waals surface area contributed by atoms with Crippen LogP contribution in [0.15, 0.2) is 30.6 Å². The van der Waals surface area contributed by atoms with Crippen molar-refractivity contribution in [3.63, 3.8) is 0 Å². The quantitative estimate of drug-likeness (QED) is 0.849. The number of aliphatic hydroxyl groups is 1. The summed E-state index contributed by atoms with van der Waals surface area (Å²) in [6.07, 6.45) is 1.45. The Morgan fingerprint density at radius 1 is 1.33 bits per heavy atom. The fourth-order valence-electron chi connectivity index (χ4n) is 2.26. The van der Waals surface area contributed by atoms with E-state index in [2.05, 4.69) is 14.9 Å². The summed E-state index contributed by atoms with van der Waals surface area (Å²) in [5.74, 6) is 0.919. The van der Waals surface area contributed by atoms with Crippen LogP contribution in [0.4, 0.5) is 5.82 Å². The Bertz CT molecular complexity index is 541. The second-order valence-electron chi connectivity index (χ2n) is 4.34. The number of anilines is 1. The van der Waals surface area contributed by atoms with E-state index in [-0.39, 0.29) is 12.7 Å². The molecule has 3 rings (SSSR count). The van der Waals surface area contributed by atoms with Crippen LogP contribution in [-0.4, -0.2) is 47.5 Å². The SMILES string of the molecule is OCC1CN(c2ncnc3ccccc23)CCO1. The van der Waals surface area contributed by atoms with E-state index < -0.39 is 0 Å². The molecule has 5 nitrogen and oxygen atoms in total. The number of hydrogen-bond acceptors (Lipinski definition) is 5. The zero-order valence-electron chi connectivity index (χ0n) is 9.99. The smallest absolute Gasteiger partial charge is 0.140 e. The van der Waals surface area contributed by atoms with Crippen molar-refractivity contribution in [3.05, 3.63) is 30.6 Å². The second-order valence-corrected chi connectivity index (χ2v) is 4.34. The molecule has 1 fully saturated rings. The molecule has 1 aromatic carbocycles. The monoisotopic (exact) mass is 245 g/mol. The highest BCUT2D eigenvalue weighted by Gasteiger charge is 2.22. The highest BCUT2D eigenvalue weighted by atomic mass is 16.5. The number of rotatable bonds is 2. The molecule has 1 aliphatic rings. The fourth-order valence-corrected chi connectivity index (χ4v) is 2.26. The largest absolute Gasteiger partial charge is 0.394 e. The molecule has 18 heavy (non-hydrogen) atoms. The Morgan fingerprint density at radius 2 is 2.22 bits per heavy atom. The minimum Gasteiger partial charge on any atom is -0.394 e. The molecule has 2 aromatic rings. The topological polar surface area (TPSA) is 58.5 Å². The van der Waals surface area contributed by atoms with E-state index >= 15 is 0 Å². The standard InChI is InChI=1S/C13H15N3O2/c17-8-10-7-16(5-6-18-10)13-11-3-1-2-4-12(11)14-9-15-13/h1-4,9-10,17H,5-8H2. The van der Waals surface area contributed by atoms with Crippen LogP contribution in [0.3, 0.4) is 0 Å². The van der Waals surface area contributed by atoms with Gasteiger partial charge in [-0.25, -0.2) is 9.97 Å². The van der Waals surface area contributed by atoms with Gasteiger partial charge in [0.05, 0.1) is 24.8 Å². The number of morpholine rings is 1. The molecule has 0 aliphatic carbocycles. The predicted molar refractivity (Wildman–Crippen MR) is 68.6 cm³/mol. The molecule has 1 unspecified atom stereocenters. The molecular formula is C13H15N3O2. The number of fused-ring (bicyclic) bond motifs is 1. The van der Waals surface area contributed by atoms with E-state index in [4.69, 9.17) is 4.74 Å². The van der Waals surface area contributed by atoms with Crippen LogP contribution in [0, 0.1) is 0 Å². The summed E-state index contributed by atoms with van der Waals surface area (Å²) in [5.41, 5.74) is 0.939. The van der Waals surface area contributed by atoms with Gasteiger partial charge in [-0.3, -0.25) is 0 Å². The summed E-state index contributed by atoms with van der Waals surface area (Å²) in [4.78, 5) is 10.8. The van der Waals surface area contributed by atoms with E-state index in [9.17, 15) is 5.11 Å². The first-order valence-electron chi connectivity index (χ1n) is 6.05. The molecule has 2 heterocycles. The highest BCUT2D eigenvalue weighted by Crippen LogP contribution is 2.23. The molecule has 1 aliphatic heterocycles. The summed E-state index contributed by atoms with van der Waals surface area (Å²) in [6.45, 7) is 2.11. The maximum absolute atomic E-state index is 9.18. The molecule has 1 saturated heterocycles. The maximum Gasteiger partial charge on any atom is 0.140 e. The van der Waals surface area contributed by atoms with Gasteiger partial charge in [-0.05, 0) is 12.1 Å². The minimum atomic E-state index is -0.132. The molecule has 94 valence electrons. The van der Waals surface area contributed by atoms with Gasteiger partial charge in [0.1, 0.15) is 12.1 Å². The van der Waals surface area contributed by atoms with Crippen LogP contribution in [0.2, 0.25) is 0 Å². The Balaban J connectivity index is 1.98. The van der Waals surface area contributed by atoms with Crippen molar-refractivity contribution in [2.75, 3.05) is 31.2 Å². The van der Waals surface area contributed by atoms with Gasteiger partial charge in [0.25, 0.3) is 0 Å². The van der Waals surface area contributed by atoms with Crippen molar-refractivity contribution < 1.29 is 9.84 Å². The van der Waals surface area contributed by atoms with Gasteiger partial charge in [-0.15, -0.1) is 0 Å². The number of aliphatic hydroxyl groups excluding tert-OH is 1. The summed E-state index contributed by atoms with van der Waals surface area (Å²) >= 11 is 0. The van der Waals surface area contributed by atoms with Crippen LogP contribution in [0.25, 0.3) is 10.9 Å². The molecule has 0 bridgehead atoms. The number of nitrogens with zero attached hydrogens (tertiary/aromatic N) is 3. The van der Waals surface area contributed by atoms with Crippen molar-refractivity contribution >= 4 is 16.7 Å². The lowest BCUT2D eigenvalue weighted by atomic mass is 10.2. The number of aromatic nitrogens is 2. The molecule has 0 amide bonds. The lowest BCUT2D eigenvalue weighted by Gasteiger charge is -2.33. The van der Waals surface area contributed by atoms with Crippen LogP contribution in [-0.2, 0) is 4.74 Å². The third kappa shape index (κ3) is 2.02. The first-order chi connectivity index (χ1) is 8.88.